The van der Waals surface area contributed by atoms with E-state index in [0.29, 0.717) is 0 Å². The fourth-order valence-electron chi connectivity index (χ4n) is 1.83. The van der Waals surface area contributed by atoms with Crippen LogP contribution in [0.2, 0.25) is 0 Å². The molecule has 72 valence electrons. The maximum atomic E-state index is 5.67. The number of nitrogens with zero attached hydrogens (tertiary/aromatic N) is 2. The predicted molar refractivity (Wildman–Crippen MR) is 57.5 cm³/mol. The molecule has 0 saturated heterocycles. The van der Waals surface area contributed by atoms with Crippen LogP contribution in [0.25, 0.3) is 10.9 Å². The molecule has 0 atom stereocenters. The molecule has 0 N–H and O–H groups in total. The monoisotopic (exact) mass is 252 g/mol. The van der Waals surface area contributed by atoms with E-state index < -0.39 is 0 Å². The summed E-state index contributed by atoms with van der Waals surface area (Å²) in [6.45, 7) is 1.72. The Morgan fingerprint density at radius 1 is 1.43 bits per heavy atom. The molecule has 1 aliphatic heterocycles. The number of aryl methyl sites for hydroxylation is 1. The number of rotatable bonds is 0. The summed E-state index contributed by atoms with van der Waals surface area (Å²) in [5.74, 6) is 0.935. The van der Waals surface area contributed by atoms with Crippen LogP contribution in [-0.4, -0.2) is 16.4 Å². The third kappa shape index (κ3) is 1.14. The molecule has 3 rings (SSSR count). The first-order chi connectivity index (χ1) is 6.84. The zero-order valence-electron chi connectivity index (χ0n) is 7.53. The molecule has 0 unspecified atom stereocenters. The lowest BCUT2D eigenvalue weighted by Gasteiger charge is -2.04. The van der Waals surface area contributed by atoms with Crippen LogP contribution in [0.4, 0.5) is 0 Å². The van der Waals surface area contributed by atoms with Crippen LogP contribution >= 0.6 is 15.9 Å². The van der Waals surface area contributed by atoms with E-state index in [1.165, 1.54) is 0 Å². The van der Waals surface area contributed by atoms with Gasteiger partial charge in [-0.05, 0) is 12.1 Å². The second-order valence-electron chi connectivity index (χ2n) is 3.41. The van der Waals surface area contributed by atoms with Crippen molar-refractivity contribution < 1.29 is 4.74 Å². The largest absolute Gasteiger partial charge is 0.491 e. The molecule has 2 aromatic rings. The highest BCUT2D eigenvalue weighted by Crippen LogP contribution is 2.31. The summed E-state index contributed by atoms with van der Waals surface area (Å²) in [5, 5.41) is 5.48. The average Bonchev–Trinajstić information content (AvgIpc) is 2.43. The first kappa shape index (κ1) is 8.29. The molecule has 0 fully saturated rings. The third-order valence-electron chi connectivity index (χ3n) is 2.44. The zero-order valence-corrected chi connectivity index (χ0v) is 9.12. The SMILES string of the molecule is Brc1cc2c3c(cnn3CCCO2)c1. The Bertz CT molecular complexity index is 492. The number of halogens is 1. The Morgan fingerprint density at radius 3 is 3.29 bits per heavy atom. The van der Waals surface area contributed by atoms with Crippen molar-refractivity contribution in [3.8, 4) is 5.75 Å². The van der Waals surface area contributed by atoms with E-state index in [2.05, 4.69) is 27.1 Å². The van der Waals surface area contributed by atoms with Crippen LogP contribution in [0.3, 0.4) is 0 Å². The summed E-state index contributed by atoms with van der Waals surface area (Å²) in [5.41, 5.74) is 1.12. The Labute approximate surface area is 89.8 Å². The molecule has 3 nitrogen and oxygen atoms in total. The second kappa shape index (κ2) is 2.98. The molecule has 4 heteroatoms. The molecular formula is C10H9BrN2O. The summed E-state index contributed by atoms with van der Waals surface area (Å²) < 4.78 is 8.73. The van der Waals surface area contributed by atoms with Gasteiger partial charge in [0.15, 0.2) is 0 Å². The molecule has 0 amide bonds. The molecule has 0 radical (unpaired) electrons. The van der Waals surface area contributed by atoms with E-state index in [1.807, 2.05) is 16.9 Å². The third-order valence-corrected chi connectivity index (χ3v) is 2.89. The number of hydrogen-bond acceptors (Lipinski definition) is 2. The fourth-order valence-corrected chi connectivity index (χ4v) is 2.29. The lowest BCUT2D eigenvalue weighted by molar-refractivity contribution is 0.314. The van der Waals surface area contributed by atoms with Crippen molar-refractivity contribution in [1.29, 1.82) is 0 Å². The predicted octanol–water partition coefficient (Wildman–Crippen LogP) is 2.58. The molecular weight excluding hydrogens is 244 g/mol. The van der Waals surface area contributed by atoms with E-state index >= 15 is 0 Å². The van der Waals surface area contributed by atoms with Crippen LogP contribution in [-0.2, 0) is 6.54 Å². The maximum Gasteiger partial charge on any atom is 0.146 e. The van der Waals surface area contributed by atoms with Gasteiger partial charge in [0.25, 0.3) is 0 Å². The van der Waals surface area contributed by atoms with Gasteiger partial charge in [-0.1, -0.05) is 15.9 Å². The average molecular weight is 253 g/mol. The first-order valence-corrected chi connectivity index (χ1v) is 5.42. The van der Waals surface area contributed by atoms with Crippen molar-refractivity contribution in [2.75, 3.05) is 6.61 Å². The van der Waals surface area contributed by atoms with E-state index in [9.17, 15) is 0 Å². The van der Waals surface area contributed by atoms with Crippen LogP contribution in [0.15, 0.2) is 22.8 Å². The Morgan fingerprint density at radius 2 is 2.36 bits per heavy atom. The highest BCUT2D eigenvalue weighted by Gasteiger charge is 2.13. The van der Waals surface area contributed by atoms with E-state index in [-0.39, 0.29) is 0 Å². The van der Waals surface area contributed by atoms with Crippen molar-refractivity contribution >= 4 is 26.8 Å². The van der Waals surface area contributed by atoms with Crippen LogP contribution in [0.5, 0.6) is 5.75 Å². The molecule has 0 bridgehead atoms. The van der Waals surface area contributed by atoms with E-state index in [0.717, 1.165) is 40.7 Å². The Hall–Kier alpha value is -1.03. The lowest BCUT2D eigenvalue weighted by atomic mass is 10.2. The van der Waals surface area contributed by atoms with Gasteiger partial charge in [0.2, 0.25) is 0 Å². The molecule has 1 aromatic carbocycles. The molecule has 1 aliphatic rings. The lowest BCUT2D eigenvalue weighted by Crippen LogP contribution is -1.99. The zero-order chi connectivity index (χ0) is 9.54. The molecule has 0 saturated carbocycles. The van der Waals surface area contributed by atoms with Crippen molar-refractivity contribution in [2.45, 2.75) is 13.0 Å². The molecule has 0 spiro atoms. The number of benzene rings is 1. The van der Waals surface area contributed by atoms with Gasteiger partial charge in [0, 0.05) is 22.8 Å². The van der Waals surface area contributed by atoms with Gasteiger partial charge in [-0.25, -0.2) is 0 Å². The summed E-state index contributed by atoms with van der Waals surface area (Å²) >= 11 is 3.47. The van der Waals surface area contributed by atoms with Crippen molar-refractivity contribution in [1.82, 2.24) is 9.78 Å². The Kier molecular flexibility index (Phi) is 1.77. The number of hydrogen-bond donors (Lipinski definition) is 0. The molecule has 0 aliphatic carbocycles. The summed E-state index contributed by atoms with van der Waals surface area (Å²) in [6.07, 6.45) is 2.90. The smallest absolute Gasteiger partial charge is 0.146 e. The maximum absolute atomic E-state index is 5.67. The normalized spacial score (nSPS) is 15.2. The topological polar surface area (TPSA) is 27.1 Å². The molecule has 1 aromatic heterocycles. The van der Waals surface area contributed by atoms with Gasteiger partial charge in [-0.3, -0.25) is 4.68 Å². The van der Waals surface area contributed by atoms with Gasteiger partial charge < -0.3 is 4.74 Å². The van der Waals surface area contributed by atoms with Crippen molar-refractivity contribution in [3.63, 3.8) is 0 Å². The minimum Gasteiger partial charge on any atom is -0.491 e. The van der Waals surface area contributed by atoms with Crippen molar-refractivity contribution in [3.05, 3.63) is 22.8 Å². The minimum absolute atomic E-state index is 0.773. The first-order valence-electron chi connectivity index (χ1n) is 4.62. The van der Waals surface area contributed by atoms with Gasteiger partial charge >= 0.3 is 0 Å². The van der Waals surface area contributed by atoms with Crippen molar-refractivity contribution in [2.24, 2.45) is 0 Å². The van der Waals surface area contributed by atoms with Gasteiger partial charge in [-0.2, -0.15) is 5.10 Å². The summed E-state index contributed by atoms with van der Waals surface area (Å²) in [7, 11) is 0. The highest BCUT2D eigenvalue weighted by atomic mass is 79.9. The highest BCUT2D eigenvalue weighted by molar-refractivity contribution is 9.10. The van der Waals surface area contributed by atoms with E-state index in [1.54, 1.807) is 0 Å². The van der Waals surface area contributed by atoms with Gasteiger partial charge in [0.1, 0.15) is 11.3 Å². The molecule has 2 heterocycles. The number of ether oxygens (including phenoxy) is 1. The van der Waals surface area contributed by atoms with E-state index in [4.69, 9.17) is 4.74 Å². The number of aromatic nitrogens is 2. The van der Waals surface area contributed by atoms with Crippen LogP contribution in [0, 0.1) is 0 Å². The summed E-state index contributed by atoms with van der Waals surface area (Å²) in [4.78, 5) is 0. The quantitative estimate of drug-likeness (QED) is 0.721. The second-order valence-corrected chi connectivity index (χ2v) is 4.33. The van der Waals surface area contributed by atoms with Crippen LogP contribution in [0.1, 0.15) is 6.42 Å². The summed E-state index contributed by atoms with van der Waals surface area (Å²) in [6, 6.07) is 4.07. The minimum atomic E-state index is 0.773. The van der Waals surface area contributed by atoms with Gasteiger partial charge in [-0.15, -0.1) is 0 Å². The standard InChI is InChI=1S/C10H9BrN2O/c11-8-4-7-6-12-13-2-1-3-14-9(5-8)10(7)13/h4-6H,1-3H2. The van der Waals surface area contributed by atoms with Crippen LogP contribution < -0.4 is 4.74 Å². The molecule has 14 heavy (non-hydrogen) atoms. The fraction of sp³-hybridized carbons (Fsp3) is 0.300. The van der Waals surface area contributed by atoms with Gasteiger partial charge in [0.05, 0.1) is 12.8 Å². The Balaban J connectivity index is 2.39.